The number of halogens is 1. The molecule has 1 aliphatic heterocycles. The molecule has 8 heteroatoms. The highest BCUT2D eigenvalue weighted by molar-refractivity contribution is 6.21. The summed E-state index contributed by atoms with van der Waals surface area (Å²) in [6.07, 6.45) is 3.22. The van der Waals surface area contributed by atoms with Gasteiger partial charge in [-0.05, 0) is 30.8 Å². The Bertz CT molecular complexity index is 1330. The molecule has 0 bridgehead atoms. The van der Waals surface area contributed by atoms with E-state index in [1.165, 1.54) is 12.1 Å². The predicted molar refractivity (Wildman–Crippen MR) is 119 cm³/mol. The van der Waals surface area contributed by atoms with Gasteiger partial charge in [-0.15, -0.1) is 0 Å². The molecule has 1 fully saturated rings. The lowest BCUT2D eigenvalue weighted by Gasteiger charge is -2.32. The second kappa shape index (κ2) is 7.80. The van der Waals surface area contributed by atoms with Crippen LogP contribution in [0.25, 0.3) is 21.7 Å². The fourth-order valence-electron chi connectivity index (χ4n) is 4.33. The number of likely N-dealkylation sites (N-methyl/N-ethyl adjacent to an activating group) is 1. The molecule has 4 aromatic rings. The van der Waals surface area contributed by atoms with Crippen LogP contribution in [-0.2, 0) is 6.54 Å². The van der Waals surface area contributed by atoms with E-state index in [2.05, 4.69) is 9.88 Å². The van der Waals surface area contributed by atoms with Crippen LogP contribution in [0.4, 0.5) is 4.39 Å². The maximum atomic E-state index is 13.6. The lowest BCUT2D eigenvalue weighted by atomic mass is 10.00. The number of rotatable bonds is 3. The average Bonchev–Trinajstić information content (AvgIpc) is 3.12. The van der Waals surface area contributed by atoms with Gasteiger partial charge in [0.05, 0.1) is 17.5 Å². The van der Waals surface area contributed by atoms with Crippen molar-refractivity contribution in [2.75, 3.05) is 33.2 Å². The van der Waals surface area contributed by atoms with Gasteiger partial charge in [0.1, 0.15) is 11.3 Å². The summed E-state index contributed by atoms with van der Waals surface area (Å²) in [5.74, 6) is -0.826. The molecule has 0 radical (unpaired) electrons. The number of phenols is 1. The van der Waals surface area contributed by atoms with Gasteiger partial charge in [-0.3, -0.25) is 9.78 Å². The first kappa shape index (κ1) is 20.3. The van der Waals surface area contributed by atoms with Crippen molar-refractivity contribution in [3.63, 3.8) is 0 Å². The van der Waals surface area contributed by atoms with E-state index in [1.807, 2.05) is 7.05 Å². The smallest absolute Gasteiger partial charge is 0.255 e. The van der Waals surface area contributed by atoms with Crippen molar-refractivity contribution in [3.05, 3.63) is 65.7 Å². The van der Waals surface area contributed by atoms with Crippen molar-refractivity contribution >= 4 is 27.6 Å². The molecule has 5 rings (SSSR count). The summed E-state index contributed by atoms with van der Waals surface area (Å²) in [4.78, 5) is 21.9. The molecule has 2 N–H and O–H groups in total. The van der Waals surface area contributed by atoms with Gasteiger partial charge in [-0.25, -0.2) is 4.39 Å². The number of aromatic hydroxyl groups is 2. The van der Waals surface area contributed by atoms with Gasteiger partial charge in [0.15, 0.2) is 5.75 Å². The molecule has 2 aromatic heterocycles. The third-order valence-electron chi connectivity index (χ3n) is 6.13. The Morgan fingerprint density at radius 1 is 1.06 bits per heavy atom. The van der Waals surface area contributed by atoms with E-state index in [1.54, 1.807) is 46.1 Å². The van der Waals surface area contributed by atoms with Crippen LogP contribution in [0.15, 0.2) is 48.8 Å². The molecule has 1 amide bonds. The molecule has 164 valence electrons. The lowest BCUT2D eigenvalue weighted by molar-refractivity contribution is 0.0668. The first-order chi connectivity index (χ1) is 15.4. The molecule has 3 heterocycles. The third kappa shape index (κ3) is 3.33. The maximum absolute atomic E-state index is 13.6. The Morgan fingerprint density at radius 2 is 1.78 bits per heavy atom. The minimum atomic E-state index is -0.342. The van der Waals surface area contributed by atoms with Crippen LogP contribution in [-0.4, -0.2) is 68.7 Å². The fraction of sp³-hybridized carbons (Fsp3) is 0.250. The molecular weight excluding hydrogens is 411 g/mol. The van der Waals surface area contributed by atoms with Crippen LogP contribution in [0.5, 0.6) is 11.6 Å². The SMILES string of the molecule is CN1CCN(C(=O)c2c3cccnc3c(O)c3c(O)n(Cc4ccc(F)cc4)cc23)CC1. The molecule has 2 aromatic carbocycles. The van der Waals surface area contributed by atoms with Crippen LogP contribution < -0.4 is 0 Å². The van der Waals surface area contributed by atoms with E-state index >= 15 is 0 Å². The number of pyridine rings is 1. The van der Waals surface area contributed by atoms with E-state index in [0.29, 0.717) is 29.4 Å². The van der Waals surface area contributed by atoms with Gasteiger partial charge in [0, 0.05) is 49.3 Å². The number of carbonyl (C=O) groups excluding carboxylic acids is 1. The number of carbonyl (C=O) groups is 1. The molecule has 0 saturated carbocycles. The third-order valence-corrected chi connectivity index (χ3v) is 6.13. The van der Waals surface area contributed by atoms with Gasteiger partial charge < -0.3 is 24.6 Å². The first-order valence-corrected chi connectivity index (χ1v) is 10.5. The van der Waals surface area contributed by atoms with Gasteiger partial charge in [-0.2, -0.15) is 0 Å². The van der Waals surface area contributed by atoms with E-state index in [-0.39, 0.29) is 40.8 Å². The topological polar surface area (TPSA) is 81.8 Å². The summed E-state index contributed by atoms with van der Waals surface area (Å²) in [6, 6.07) is 9.46. The lowest BCUT2D eigenvalue weighted by Crippen LogP contribution is -2.47. The Hall–Kier alpha value is -3.65. The molecule has 1 aliphatic rings. The predicted octanol–water partition coefficient (Wildman–Crippen LogP) is 3.18. The molecular formula is C24H23FN4O3. The van der Waals surface area contributed by atoms with E-state index in [0.717, 1.165) is 18.7 Å². The molecule has 7 nitrogen and oxygen atoms in total. The summed E-state index contributed by atoms with van der Waals surface area (Å²) in [6.45, 7) is 3.01. The second-order valence-corrected chi connectivity index (χ2v) is 8.21. The number of hydrogen-bond donors (Lipinski definition) is 2. The Kier molecular flexibility index (Phi) is 4.94. The number of amides is 1. The highest BCUT2D eigenvalue weighted by atomic mass is 19.1. The number of hydrogen-bond acceptors (Lipinski definition) is 5. The van der Waals surface area contributed by atoms with Crippen LogP contribution >= 0.6 is 0 Å². The highest BCUT2D eigenvalue weighted by Crippen LogP contribution is 2.42. The fourth-order valence-corrected chi connectivity index (χ4v) is 4.33. The Labute approximate surface area is 183 Å². The zero-order valence-electron chi connectivity index (χ0n) is 17.6. The Balaban J connectivity index is 1.69. The quantitative estimate of drug-likeness (QED) is 0.518. The van der Waals surface area contributed by atoms with Crippen LogP contribution in [0.1, 0.15) is 15.9 Å². The molecule has 32 heavy (non-hydrogen) atoms. The first-order valence-electron chi connectivity index (χ1n) is 10.5. The number of piperazine rings is 1. The van der Waals surface area contributed by atoms with Gasteiger partial charge in [0.2, 0.25) is 5.88 Å². The minimum absolute atomic E-state index is 0.153. The summed E-state index contributed by atoms with van der Waals surface area (Å²) in [5, 5.41) is 23.1. The molecule has 0 unspecified atom stereocenters. The van der Waals surface area contributed by atoms with Crippen LogP contribution in [0.2, 0.25) is 0 Å². The largest absolute Gasteiger partial charge is 0.505 e. The summed E-state index contributed by atoms with van der Waals surface area (Å²) >= 11 is 0. The zero-order chi connectivity index (χ0) is 22.4. The van der Waals surface area contributed by atoms with E-state index < -0.39 is 0 Å². The average molecular weight is 434 g/mol. The number of aromatic nitrogens is 2. The highest BCUT2D eigenvalue weighted by Gasteiger charge is 2.28. The second-order valence-electron chi connectivity index (χ2n) is 8.21. The molecule has 0 atom stereocenters. The van der Waals surface area contributed by atoms with Crippen LogP contribution in [0, 0.1) is 5.82 Å². The van der Waals surface area contributed by atoms with Crippen molar-refractivity contribution in [3.8, 4) is 11.6 Å². The van der Waals surface area contributed by atoms with Crippen LogP contribution in [0.3, 0.4) is 0 Å². The summed E-state index contributed by atoms with van der Waals surface area (Å²) < 4.78 is 14.8. The summed E-state index contributed by atoms with van der Waals surface area (Å²) in [5.41, 5.74) is 1.46. The molecule has 0 spiro atoms. The van der Waals surface area contributed by atoms with Crippen molar-refractivity contribution in [1.29, 1.82) is 0 Å². The normalized spacial score (nSPS) is 15.0. The number of benzene rings is 2. The van der Waals surface area contributed by atoms with Crippen molar-refractivity contribution in [2.24, 2.45) is 0 Å². The van der Waals surface area contributed by atoms with Gasteiger partial charge in [-0.1, -0.05) is 18.2 Å². The van der Waals surface area contributed by atoms with E-state index in [9.17, 15) is 19.4 Å². The molecule has 1 saturated heterocycles. The number of phenolic OH excluding ortho intramolecular Hbond substituents is 1. The zero-order valence-corrected chi connectivity index (χ0v) is 17.6. The minimum Gasteiger partial charge on any atom is -0.505 e. The van der Waals surface area contributed by atoms with E-state index in [4.69, 9.17) is 0 Å². The monoisotopic (exact) mass is 434 g/mol. The van der Waals surface area contributed by atoms with Gasteiger partial charge in [0.25, 0.3) is 5.91 Å². The van der Waals surface area contributed by atoms with Crippen molar-refractivity contribution < 1.29 is 19.4 Å². The maximum Gasteiger partial charge on any atom is 0.255 e. The van der Waals surface area contributed by atoms with Crippen molar-refractivity contribution in [2.45, 2.75) is 6.54 Å². The summed E-state index contributed by atoms with van der Waals surface area (Å²) in [7, 11) is 2.02. The molecule has 0 aliphatic carbocycles. The van der Waals surface area contributed by atoms with Crippen molar-refractivity contribution in [1.82, 2.24) is 19.4 Å². The van der Waals surface area contributed by atoms with Gasteiger partial charge >= 0.3 is 0 Å². The Morgan fingerprint density at radius 3 is 2.50 bits per heavy atom. The number of nitrogens with zero attached hydrogens (tertiary/aromatic N) is 4. The standard InChI is InChI=1S/C24H23FN4O3/c1-27-9-11-28(12-10-27)23(31)19-17-3-2-8-26-21(17)22(30)20-18(19)14-29(24(20)32)13-15-4-6-16(25)7-5-15/h2-8,14,30,32H,9-13H2,1H3. The number of fused-ring (bicyclic) bond motifs is 2.